The van der Waals surface area contributed by atoms with E-state index in [0.717, 1.165) is 6.42 Å². The minimum atomic E-state index is 1.03. The van der Waals surface area contributed by atoms with Crippen molar-refractivity contribution in [2.24, 2.45) is 0 Å². The molecular weight excluding hydrogens is 252 g/mol. The average molecular weight is 270 g/mol. The smallest absolute Gasteiger partial charge is 0.00139 e. The quantitative estimate of drug-likeness (QED) is 0.620. The maximum Gasteiger partial charge on any atom is -0.00139 e. The molecule has 21 heavy (non-hydrogen) atoms. The highest BCUT2D eigenvalue weighted by Crippen LogP contribution is 2.48. The molecule has 0 heteroatoms. The molecule has 0 saturated carbocycles. The number of hydrogen-bond donors (Lipinski definition) is 0. The second-order valence-corrected chi connectivity index (χ2v) is 6.06. The van der Waals surface area contributed by atoms with E-state index in [9.17, 15) is 0 Å². The van der Waals surface area contributed by atoms with E-state index in [2.05, 4.69) is 74.5 Å². The van der Waals surface area contributed by atoms with E-state index in [1.165, 1.54) is 44.6 Å². The normalized spacial score (nSPS) is 15.9. The van der Waals surface area contributed by atoms with Crippen LogP contribution < -0.4 is 0 Å². The number of allylic oxidation sites excluding steroid dienone is 6. The zero-order valence-corrected chi connectivity index (χ0v) is 12.5. The van der Waals surface area contributed by atoms with Gasteiger partial charge in [-0.05, 0) is 71.4 Å². The Morgan fingerprint density at radius 2 is 1.52 bits per heavy atom. The zero-order valence-electron chi connectivity index (χ0n) is 12.5. The fourth-order valence-corrected chi connectivity index (χ4v) is 3.40. The molecule has 0 nitrogen and oxygen atoms in total. The fraction of sp³-hybridized carbons (Fsp3) is 0.143. The van der Waals surface area contributed by atoms with Gasteiger partial charge in [-0.3, -0.25) is 0 Å². The average Bonchev–Trinajstić information content (AvgIpc) is 2.78. The van der Waals surface area contributed by atoms with Crippen LogP contribution in [0.4, 0.5) is 0 Å². The molecule has 2 aromatic carbocycles. The summed E-state index contributed by atoms with van der Waals surface area (Å²) in [7, 11) is 0. The first kappa shape index (κ1) is 12.4. The SMILES string of the molecule is CC(C)=C1CC(c2ccccc2)=CC2=C1c1cccc2c1. The van der Waals surface area contributed by atoms with Gasteiger partial charge in [0.25, 0.3) is 0 Å². The van der Waals surface area contributed by atoms with E-state index in [4.69, 9.17) is 0 Å². The van der Waals surface area contributed by atoms with Crippen molar-refractivity contribution < 1.29 is 0 Å². The number of hydrogen-bond acceptors (Lipinski definition) is 0. The van der Waals surface area contributed by atoms with Gasteiger partial charge in [-0.1, -0.05) is 54.1 Å². The third kappa shape index (κ3) is 1.91. The monoisotopic (exact) mass is 270 g/mol. The van der Waals surface area contributed by atoms with Crippen molar-refractivity contribution in [3.8, 4) is 0 Å². The van der Waals surface area contributed by atoms with Crippen LogP contribution in [0.1, 0.15) is 37.0 Å². The van der Waals surface area contributed by atoms with Crippen LogP contribution in [0.25, 0.3) is 16.7 Å². The molecule has 0 N–H and O–H groups in total. The largest absolute Gasteiger partial charge is 0.0723 e. The molecule has 2 bridgehead atoms. The van der Waals surface area contributed by atoms with E-state index >= 15 is 0 Å². The molecule has 0 spiro atoms. The maximum atomic E-state index is 2.39. The lowest BCUT2D eigenvalue weighted by Crippen LogP contribution is -2.00. The summed E-state index contributed by atoms with van der Waals surface area (Å²) in [6, 6.07) is 19.7. The molecule has 0 saturated heterocycles. The van der Waals surface area contributed by atoms with Crippen molar-refractivity contribution in [3.63, 3.8) is 0 Å². The van der Waals surface area contributed by atoms with Crippen molar-refractivity contribution in [1.29, 1.82) is 0 Å². The van der Waals surface area contributed by atoms with Gasteiger partial charge in [0.2, 0.25) is 0 Å². The van der Waals surface area contributed by atoms with Crippen LogP contribution in [0.15, 0.2) is 71.8 Å². The van der Waals surface area contributed by atoms with Gasteiger partial charge in [0.1, 0.15) is 0 Å². The molecule has 0 heterocycles. The molecular formula is C21H18. The van der Waals surface area contributed by atoms with Crippen molar-refractivity contribution in [3.05, 3.63) is 88.5 Å². The number of fused-ring (bicyclic) bond motifs is 4. The molecule has 2 aliphatic carbocycles. The van der Waals surface area contributed by atoms with Crippen LogP contribution in [-0.2, 0) is 0 Å². The Hall–Kier alpha value is -2.34. The Balaban J connectivity index is 1.94. The van der Waals surface area contributed by atoms with E-state index in [-0.39, 0.29) is 0 Å². The molecule has 0 amide bonds. The first-order valence-corrected chi connectivity index (χ1v) is 7.52. The topological polar surface area (TPSA) is 0 Å². The molecule has 2 aliphatic rings. The Labute approximate surface area is 126 Å². The standard InChI is InChI=1S/C21H18/c1-14(2)19-12-18(15-7-4-3-5-8-15)13-20-16-9-6-10-17(11-16)21(19)20/h3-11,13H,12H2,1-2H3. The van der Waals surface area contributed by atoms with E-state index in [0.29, 0.717) is 0 Å². The maximum absolute atomic E-state index is 2.39. The third-order valence-corrected chi connectivity index (χ3v) is 4.47. The summed E-state index contributed by atoms with van der Waals surface area (Å²) in [5.41, 5.74) is 11.3. The lowest BCUT2D eigenvalue weighted by molar-refractivity contribution is 1.20. The Morgan fingerprint density at radius 3 is 2.29 bits per heavy atom. The summed E-state index contributed by atoms with van der Waals surface area (Å²) in [5.74, 6) is 0. The molecule has 0 aromatic heterocycles. The third-order valence-electron chi connectivity index (χ3n) is 4.47. The van der Waals surface area contributed by atoms with Crippen LogP contribution in [0.5, 0.6) is 0 Å². The van der Waals surface area contributed by atoms with Gasteiger partial charge in [0.15, 0.2) is 0 Å². The Bertz CT molecular complexity index is 810. The fourth-order valence-electron chi connectivity index (χ4n) is 3.40. The second-order valence-electron chi connectivity index (χ2n) is 6.06. The summed E-state index contributed by atoms with van der Waals surface area (Å²) in [5, 5.41) is 0. The highest BCUT2D eigenvalue weighted by atomic mass is 14.3. The van der Waals surface area contributed by atoms with Crippen molar-refractivity contribution in [2.75, 3.05) is 0 Å². The summed E-state index contributed by atoms with van der Waals surface area (Å²) in [4.78, 5) is 0. The minimum absolute atomic E-state index is 1.03. The first-order valence-electron chi connectivity index (χ1n) is 7.52. The van der Waals surface area contributed by atoms with Crippen molar-refractivity contribution in [2.45, 2.75) is 20.3 Å². The van der Waals surface area contributed by atoms with Gasteiger partial charge in [0.05, 0.1) is 0 Å². The molecule has 0 unspecified atom stereocenters. The van der Waals surface area contributed by atoms with E-state index < -0.39 is 0 Å². The molecule has 0 radical (unpaired) electrons. The Kier molecular flexibility index (Phi) is 2.71. The van der Waals surface area contributed by atoms with Gasteiger partial charge in [-0.2, -0.15) is 0 Å². The van der Waals surface area contributed by atoms with Crippen LogP contribution in [0, 0.1) is 0 Å². The number of rotatable bonds is 1. The molecule has 0 aliphatic heterocycles. The molecule has 2 aromatic rings. The first-order chi connectivity index (χ1) is 10.2. The van der Waals surface area contributed by atoms with Crippen molar-refractivity contribution in [1.82, 2.24) is 0 Å². The van der Waals surface area contributed by atoms with E-state index in [1.54, 1.807) is 0 Å². The van der Waals surface area contributed by atoms with Crippen LogP contribution in [0.2, 0.25) is 0 Å². The van der Waals surface area contributed by atoms with Gasteiger partial charge in [-0.25, -0.2) is 0 Å². The van der Waals surface area contributed by atoms with Crippen molar-refractivity contribution >= 4 is 16.7 Å². The summed E-state index contributed by atoms with van der Waals surface area (Å²) < 4.78 is 0. The minimum Gasteiger partial charge on any atom is -0.0723 e. The summed E-state index contributed by atoms with van der Waals surface area (Å²) >= 11 is 0. The van der Waals surface area contributed by atoms with Gasteiger partial charge in [-0.15, -0.1) is 0 Å². The Morgan fingerprint density at radius 1 is 0.810 bits per heavy atom. The van der Waals surface area contributed by atoms with Gasteiger partial charge >= 0.3 is 0 Å². The molecule has 102 valence electrons. The lowest BCUT2D eigenvalue weighted by atomic mass is 9.82. The number of benzene rings is 2. The van der Waals surface area contributed by atoms with E-state index in [1.807, 2.05) is 0 Å². The molecule has 0 atom stereocenters. The summed E-state index contributed by atoms with van der Waals surface area (Å²) in [6.07, 6.45) is 3.42. The molecule has 4 rings (SSSR count). The van der Waals surface area contributed by atoms with Crippen LogP contribution >= 0.6 is 0 Å². The highest BCUT2D eigenvalue weighted by Gasteiger charge is 2.26. The van der Waals surface area contributed by atoms with Crippen LogP contribution in [-0.4, -0.2) is 0 Å². The summed E-state index contributed by atoms with van der Waals surface area (Å²) in [6.45, 7) is 4.46. The molecule has 0 fully saturated rings. The predicted molar refractivity (Wildman–Crippen MR) is 90.7 cm³/mol. The van der Waals surface area contributed by atoms with Gasteiger partial charge in [0, 0.05) is 0 Å². The second kappa shape index (κ2) is 4.60. The zero-order chi connectivity index (χ0) is 14.4. The highest BCUT2D eigenvalue weighted by molar-refractivity contribution is 6.11. The van der Waals surface area contributed by atoms with Gasteiger partial charge < -0.3 is 0 Å². The predicted octanol–water partition coefficient (Wildman–Crippen LogP) is 5.73. The lowest BCUT2D eigenvalue weighted by Gasteiger charge is -2.22. The van der Waals surface area contributed by atoms with Crippen LogP contribution in [0.3, 0.4) is 0 Å².